The first-order valence-corrected chi connectivity index (χ1v) is 11.1. The van der Waals surface area contributed by atoms with Gasteiger partial charge in [-0.15, -0.1) is 0 Å². The van der Waals surface area contributed by atoms with Crippen LogP contribution >= 0.6 is 0 Å². The summed E-state index contributed by atoms with van der Waals surface area (Å²) in [6, 6.07) is 3.81. The summed E-state index contributed by atoms with van der Waals surface area (Å²) >= 11 is 0. The van der Waals surface area contributed by atoms with Gasteiger partial charge in [-0.1, -0.05) is 11.8 Å². The summed E-state index contributed by atoms with van der Waals surface area (Å²) in [5.41, 5.74) is -2.23. The zero-order valence-electron chi connectivity index (χ0n) is 17.8. The summed E-state index contributed by atoms with van der Waals surface area (Å²) in [4.78, 5) is 12.5. The number of amides is 1. The molecule has 12 heteroatoms. The monoisotopic (exact) mass is 478 g/mol. The predicted octanol–water partition coefficient (Wildman–Crippen LogP) is 1.44. The Balaban J connectivity index is 1.92. The molecule has 1 aliphatic heterocycles. The van der Waals surface area contributed by atoms with Crippen molar-refractivity contribution in [3.05, 3.63) is 41.5 Å². The number of nitriles is 1. The van der Waals surface area contributed by atoms with E-state index in [9.17, 15) is 27.1 Å². The van der Waals surface area contributed by atoms with Crippen molar-refractivity contribution in [1.29, 1.82) is 5.26 Å². The van der Waals surface area contributed by atoms with E-state index in [1.54, 1.807) is 6.07 Å². The topological polar surface area (TPSA) is 133 Å². The normalized spacial score (nSPS) is 17.9. The summed E-state index contributed by atoms with van der Waals surface area (Å²) < 4.78 is 61.9. The average molecular weight is 478 g/mol. The van der Waals surface area contributed by atoms with Crippen LogP contribution in [0.4, 0.5) is 14.5 Å². The van der Waals surface area contributed by atoms with E-state index in [4.69, 9.17) is 10.00 Å². The number of anilines is 1. The van der Waals surface area contributed by atoms with Gasteiger partial charge in [0.15, 0.2) is 17.1 Å². The van der Waals surface area contributed by atoms with Crippen molar-refractivity contribution in [2.75, 3.05) is 11.9 Å². The van der Waals surface area contributed by atoms with Crippen LogP contribution in [0.1, 0.15) is 29.9 Å². The minimum atomic E-state index is -4.24. The standard InChI is InChI=1S/C21H20F2N4O5S/c1-21(2,23)7-6-16(28)15-11-32-19-17(33(30,31)26-15)10-27(3)18(19)20(29)25-13-4-5-14(22)12(8-13)9-24/h4-5,8,10,15-16,26,28H,11H2,1-3H3,(H,25,29)/t15-,16?/m1/s1. The van der Waals surface area contributed by atoms with Crippen molar-refractivity contribution < 1.29 is 31.8 Å². The molecule has 1 aliphatic rings. The number of sulfonamides is 1. The van der Waals surface area contributed by atoms with Crippen molar-refractivity contribution in [3.8, 4) is 23.7 Å². The lowest BCUT2D eigenvalue weighted by molar-refractivity contribution is 0.101. The van der Waals surface area contributed by atoms with E-state index in [1.165, 1.54) is 31.5 Å². The number of fused-ring (bicyclic) bond motifs is 1. The maximum atomic E-state index is 13.6. The van der Waals surface area contributed by atoms with Crippen LogP contribution in [0.15, 0.2) is 29.3 Å². The number of rotatable bonds is 3. The second-order valence-corrected chi connectivity index (χ2v) is 9.45. The Kier molecular flexibility index (Phi) is 6.47. The molecule has 0 radical (unpaired) electrons. The number of aryl methyl sites for hydroxylation is 1. The Bertz CT molecular complexity index is 1310. The number of benzene rings is 1. The number of carbonyl (C=O) groups is 1. The van der Waals surface area contributed by atoms with Gasteiger partial charge in [0.25, 0.3) is 5.91 Å². The third-order valence-electron chi connectivity index (χ3n) is 4.56. The molecule has 0 bridgehead atoms. The van der Waals surface area contributed by atoms with Crippen LogP contribution in [-0.2, 0) is 17.1 Å². The van der Waals surface area contributed by atoms with Crippen molar-refractivity contribution in [2.24, 2.45) is 7.05 Å². The molecule has 33 heavy (non-hydrogen) atoms. The van der Waals surface area contributed by atoms with Crippen LogP contribution in [0, 0.1) is 29.0 Å². The Morgan fingerprint density at radius 1 is 1.45 bits per heavy atom. The molecule has 0 saturated heterocycles. The highest BCUT2D eigenvalue weighted by Gasteiger charge is 2.36. The van der Waals surface area contributed by atoms with Crippen LogP contribution in [0.3, 0.4) is 0 Å². The Morgan fingerprint density at radius 3 is 2.79 bits per heavy atom. The Morgan fingerprint density at radius 2 is 2.15 bits per heavy atom. The van der Waals surface area contributed by atoms with Gasteiger partial charge in [0.05, 0.1) is 11.6 Å². The Labute approximate surface area is 189 Å². The highest BCUT2D eigenvalue weighted by molar-refractivity contribution is 7.89. The van der Waals surface area contributed by atoms with Gasteiger partial charge in [-0.25, -0.2) is 21.9 Å². The quantitative estimate of drug-likeness (QED) is 0.572. The van der Waals surface area contributed by atoms with Crippen LogP contribution in [-0.4, -0.2) is 48.4 Å². The Hall–Kier alpha value is -3.45. The summed E-state index contributed by atoms with van der Waals surface area (Å²) in [6.07, 6.45) is -0.420. The molecule has 1 unspecified atom stereocenters. The van der Waals surface area contributed by atoms with Gasteiger partial charge in [-0.3, -0.25) is 4.79 Å². The van der Waals surface area contributed by atoms with E-state index in [0.29, 0.717) is 0 Å². The lowest BCUT2D eigenvalue weighted by Gasteiger charge is -2.18. The first-order chi connectivity index (χ1) is 15.3. The molecule has 3 N–H and O–H groups in total. The first kappa shape index (κ1) is 24.2. The molecular weight excluding hydrogens is 458 g/mol. The van der Waals surface area contributed by atoms with E-state index in [-0.39, 0.29) is 27.6 Å². The number of nitrogens with one attached hydrogen (secondary N) is 2. The fourth-order valence-electron chi connectivity index (χ4n) is 3.02. The van der Waals surface area contributed by atoms with Gasteiger partial charge >= 0.3 is 0 Å². The van der Waals surface area contributed by atoms with Crippen molar-refractivity contribution in [1.82, 2.24) is 9.29 Å². The number of aliphatic hydroxyl groups is 1. The van der Waals surface area contributed by atoms with Crippen LogP contribution in [0.5, 0.6) is 5.75 Å². The lowest BCUT2D eigenvalue weighted by atomic mass is 10.1. The predicted molar refractivity (Wildman–Crippen MR) is 113 cm³/mol. The smallest absolute Gasteiger partial charge is 0.276 e. The maximum absolute atomic E-state index is 13.6. The third kappa shape index (κ3) is 5.31. The number of ether oxygens (including phenoxy) is 1. The van der Waals surface area contributed by atoms with Crippen LogP contribution in [0.25, 0.3) is 0 Å². The minimum Gasteiger partial charge on any atom is -0.488 e. The number of nitrogens with zero attached hydrogens (tertiary/aromatic N) is 2. The fourth-order valence-corrected chi connectivity index (χ4v) is 4.44. The average Bonchev–Trinajstić information content (AvgIpc) is 3.00. The van der Waals surface area contributed by atoms with Gasteiger partial charge < -0.3 is 19.7 Å². The summed E-state index contributed by atoms with van der Waals surface area (Å²) in [7, 11) is -2.82. The molecule has 174 valence electrons. The van der Waals surface area contributed by atoms with Gasteiger partial charge in [0.1, 0.15) is 29.5 Å². The maximum Gasteiger partial charge on any atom is 0.276 e. The zero-order chi connectivity index (χ0) is 24.6. The zero-order valence-corrected chi connectivity index (χ0v) is 18.6. The molecule has 1 amide bonds. The molecule has 1 aromatic heterocycles. The number of hydrogen-bond donors (Lipinski definition) is 3. The van der Waals surface area contributed by atoms with Crippen LogP contribution in [0.2, 0.25) is 0 Å². The molecular formula is C21H20F2N4O5S. The number of hydrogen-bond acceptors (Lipinski definition) is 6. The molecule has 3 rings (SSSR count). The molecule has 0 fully saturated rings. The lowest BCUT2D eigenvalue weighted by Crippen LogP contribution is -2.45. The van der Waals surface area contributed by atoms with Crippen molar-refractivity contribution >= 4 is 21.6 Å². The highest BCUT2D eigenvalue weighted by atomic mass is 32.2. The molecule has 0 aliphatic carbocycles. The summed E-state index contributed by atoms with van der Waals surface area (Å²) in [5, 5.41) is 21.6. The molecule has 2 heterocycles. The van der Waals surface area contributed by atoms with Crippen LogP contribution < -0.4 is 14.8 Å². The number of carbonyl (C=O) groups excluding carboxylic acids is 1. The largest absolute Gasteiger partial charge is 0.488 e. The van der Waals surface area contributed by atoms with E-state index in [0.717, 1.165) is 18.3 Å². The number of halogens is 2. The van der Waals surface area contributed by atoms with Crippen molar-refractivity contribution in [3.63, 3.8) is 0 Å². The second kappa shape index (κ2) is 8.83. The fraction of sp³-hybridized carbons (Fsp3) is 0.333. The summed E-state index contributed by atoms with van der Waals surface area (Å²) in [5.74, 6) is 2.64. The number of aromatic nitrogens is 1. The summed E-state index contributed by atoms with van der Waals surface area (Å²) in [6.45, 7) is 1.97. The van der Waals surface area contributed by atoms with E-state index in [2.05, 4.69) is 21.9 Å². The SMILES string of the molecule is Cn1cc2c(c1C(=O)Nc1ccc(F)c(C#N)c1)OC[C@H](C(O)C#CC(C)(C)F)NS2(=O)=O. The molecule has 9 nitrogen and oxygen atoms in total. The molecule has 1 aromatic carbocycles. The van der Waals surface area contributed by atoms with E-state index in [1.807, 2.05) is 0 Å². The minimum absolute atomic E-state index is 0.111. The molecule has 2 aromatic rings. The highest BCUT2D eigenvalue weighted by Crippen LogP contribution is 2.33. The molecule has 0 spiro atoms. The number of aliphatic hydroxyl groups excluding tert-OH is 1. The first-order valence-electron chi connectivity index (χ1n) is 9.57. The van der Waals surface area contributed by atoms with E-state index >= 15 is 0 Å². The van der Waals surface area contributed by atoms with Crippen molar-refractivity contribution in [2.45, 2.75) is 36.6 Å². The van der Waals surface area contributed by atoms with Gasteiger partial charge in [-0.05, 0) is 32.0 Å². The second-order valence-electron chi connectivity index (χ2n) is 7.77. The number of alkyl halides is 1. The van der Waals surface area contributed by atoms with Gasteiger partial charge in [-0.2, -0.15) is 5.26 Å². The third-order valence-corrected chi connectivity index (χ3v) is 6.05. The molecule has 0 saturated carbocycles. The molecule has 2 atom stereocenters. The van der Waals surface area contributed by atoms with E-state index < -0.39 is 46.2 Å². The van der Waals surface area contributed by atoms with Gasteiger partial charge in [0.2, 0.25) is 10.0 Å². The van der Waals surface area contributed by atoms with Gasteiger partial charge in [0, 0.05) is 18.9 Å².